The first-order valence-electron chi connectivity index (χ1n) is 6.63. The molecule has 0 bridgehead atoms. The second-order valence-electron chi connectivity index (χ2n) is 4.52. The molecule has 1 unspecified atom stereocenters. The summed E-state index contributed by atoms with van der Waals surface area (Å²) in [5, 5.41) is 0. The molecule has 0 saturated heterocycles. The van der Waals surface area contributed by atoms with Crippen LogP contribution in [0.4, 0.5) is 13.2 Å². The smallest absolute Gasteiger partial charge is 0.401 e. The van der Waals surface area contributed by atoms with Crippen molar-refractivity contribution in [3.8, 4) is 5.75 Å². The van der Waals surface area contributed by atoms with E-state index in [4.69, 9.17) is 10.5 Å². The fraction of sp³-hybridized carbons (Fsp3) is 0.571. The zero-order valence-corrected chi connectivity index (χ0v) is 11.8. The molecule has 0 aliphatic heterocycles. The molecule has 0 radical (unpaired) electrons. The Balaban J connectivity index is 2.76. The largest absolute Gasteiger partial charge is 0.494 e. The SMILES string of the molecule is CCOc1ccccc1C(N)CN(CC)CC(F)(F)F. The number of hydrogen-bond donors (Lipinski definition) is 1. The molecule has 0 saturated carbocycles. The zero-order chi connectivity index (χ0) is 15.2. The molecule has 20 heavy (non-hydrogen) atoms. The quantitative estimate of drug-likeness (QED) is 0.839. The molecule has 6 heteroatoms. The van der Waals surface area contributed by atoms with Crippen LogP contribution in [0, 0.1) is 0 Å². The molecular weight excluding hydrogens is 269 g/mol. The first-order valence-corrected chi connectivity index (χ1v) is 6.63. The van der Waals surface area contributed by atoms with E-state index in [1.807, 2.05) is 13.0 Å². The number of nitrogens with zero attached hydrogens (tertiary/aromatic N) is 1. The van der Waals surface area contributed by atoms with Gasteiger partial charge < -0.3 is 10.5 Å². The zero-order valence-electron chi connectivity index (χ0n) is 11.8. The molecule has 0 aliphatic rings. The molecule has 3 nitrogen and oxygen atoms in total. The number of hydrogen-bond acceptors (Lipinski definition) is 3. The van der Waals surface area contributed by atoms with Crippen LogP contribution in [0.3, 0.4) is 0 Å². The van der Waals surface area contributed by atoms with Crippen LogP contribution < -0.4 is 10.5 Å². The maximum atomic E-state index is 12.4. The number of alkyl halides is 3. The summed E-state index contributed by atoms with van der Waals surface area (Å²) in [5.41, 5.74) is 6.76. The highest BCUT2D eigenvalue weighted by Gasteiger charge is 2.31. The Bertz CT molecular complexity index is 410. The van der Waals surface area contributed by atoms with Crippen molar-refractivity contribution in [3.05, 3.63) is 29.8 Å². The average Bonchev–Trinajstić information content (AvgIpc) is 2.37. The number of benzene rings is 1. The van der Waals surface area contributed by atoms with Gasteiger partial charge in [0.25, 0.3) is 0 Å². The second-order valence-corrected chi connectivity index (χ2v) is 4.52. The van der Waals surface area contributed by atoms with E-state index in [-0.39, 0.29) is 6.54 Å². The van der Waals surface area contributed by atoms with E-state index in [9.17, 15) is 13.2 Å². The molecule has 2 N–H and O–H groups in total. The summed E-state index contributed by atoms with van der Waals surface area (Å²) >= 11 is 0. The summed E-state index contributed by atoms with van der Waals surface area (Å²) < 4.78 is 42.8. The minimum Gasteiger partial charge on any atom is -0.494 e. The van der Waals surface area contributed by atoms with Crippen LogP contribution in [0.2, 0.25) is 0 Å². The Morgan fingerprint density at radius 3 is 2.45 bits per heavy atom. The molecular formula is C14H21F3N2O. The third-order valence-corrected chi connectivity index (χ3v) is 2.92. The number of likely N-dealkylation sites (N-methyl/N-ethyl adjacent to an activating group) is 1. The van der Waals surface area contributed by atoms with Gasteiger partial charge in [-0.1, -0.05) is 25.1 Å². The van der Waals surface area contributed by atoms with Crippen molar-refractivity contribution in [3.63, 3.8) is 0 Å². The third kappa shape index (κ3) is 5.38. The van der Waals surface area contributed by atoms with Crippen molar-refractivity contribution < 1.29 is 17.9 Å². The summed E-state index contributed by atoms with van der Waals surface area (Å²) in [4.78, 5) is 1.29. The van der Waals surface area contributed by atoms with E-state index >= 15 is 0 Å². The number of nitrogens with two attached hydrogens (primary N) is 1. The van der Waals surface area contributed by atoms with E-state index in [1.54, 1.807) is 25.1 Å². The molecule has 1 rings (SSSR count). The molecule has 114 valence electrons. The summed E-state index contributed by atoms with van der Waals surface area (Å²) in [6.45, 7) is 3.51. The van der Waals surface area contributed by atoms with Crippen molar-refractivity contribution in [1.29, 1.82) is 0 Å². The summed E-state index contributed by atoms with van der Waals surface area (Å²) in [5.74, 6) is 0.630. The third-order valence-electron chi connectivity index (χ3n) is 2.92. The highest BCUT2D eigenvalue weighted by atomic mass is 19.4. The molecule has 0 fully saturated rings. The fourth-order valence-electron chi connectivity index (χ4n) is 2.01. The van der Waals surface area contributed by atoms with Gasteiger partial charge in [0.05, 0.1) is 13.2 Å². The Hall–Kier alpha value is -1.27. The van der Waals surface area contributed by atoms with E-state index in [0.717, 1.165) is 5.56 Å². The molecule has 0 heterocycles. The maximum absolute atomic E-state index is 12.4. The monoisotopic (exact) mass is 290 g/mol. The van der Waals surface area contributed by atoms with Crippen LogP contribution in [-0.2, 0) is 0 Å². The molecule has 1 atom stereocenters. The topological polar surface area (TPSA) is 38.5 Å². The maximum Gasteiger partial charge on any atom is 0.401 e. The second kappa shape index (κ2) is 7.50. The van der Waals surface area contributed by atoms with Gasteiger partial charge in [0.15, 0.2) is 0 Å². The van der Waals surface area contributed by atoms with E-state index < -0.39 is 18.8 Å². The lowest BCUT2D eigenvalue weighted by Gasteiger charge is -2.26. The van der Waals surface area contributed by atoms with Crippen LogP contribution in [0.25, 0.3) is 0 Å². The highest BCUT2D eigenvalue weighted by Crippen LogP contribution is 2.25. The molecule has 0 aliphatic carbocycles. The first-order chi connectivity index (χ1) is 9.37. The van der Waals surface area contributed by atoms with Gasteiger partial charge >= 0.3 is 6.18 Å². The van der Waals surface area contributed by atoms with Crippen LogP contribution >= 0.6 is 0 Å². The van der Waals surface area contributed by atoms with Gasteiger partial charge in [-0.3, -0.25) is 4.90 Å². The van der Waals surface area contributed by atoms with Crippen LogP contribution in [0.5, 0.6) is 5.75 Å². The minimum absolute atomic E-state index is 0.139. The average molecular weight is 290 g/mol. The predicted octanol–water partition coefficient (Wildman–Crippen LogP) is 2.97. The van der Waals surface area contributed by atoms with Gasteiger partial charge in [-0.25, -0.2) is 0 Å². The molecule has 0 aromatic heterocycles. The summed E-state index contributed by atoms with van der Waals surface area (Å²) in [6.07, 6.45) is -4.21. The molecule has 0 amide bonds. The van der Waals surface area contributed by atoms with Crippen molar-refractivity contribution in [1.82, 2.24) is 4.90 Å². The summed E-state index contributed by atoms with van der Waals surface area (Å²) in [7, 11) is 0. The van der Waals surface area contributed by atoms with Gasteiger partial charge in [-0.2, -0.15) is 13.2 Å². The number of rotatable bonds is 7. The standard InChI is InChI=1S/C14H21F3N2O/c1-3-19(10-14(15,16)17)9-12(18)11-7-5-6-8-13(11)20-4-2/h5-8,12H,3-4,9-10,18H2,1-2H3. The van der Waals surface area contributed by atoms with E-state index in [2.05, 4.69) is 0 Å². The van der Waals surface area contributed by atoms with Crippen LogP contribution in [-0.4, -0.2) is 37.3 Å². The highest BCUT2D eigenvalue weighted by molar-refractivity contribution is 5.35. The van der Waals surface area contributed by atoms with Crippen LogP contribution in [0.15, 0.2) is 24.3 Å². The molecule has 0 spiro atoms. The Morgan fingerprint density at radius 1 is 1.25 bits per heavy atom. The lowest BCUT2D eigenvalue weighted by atomic mass is 10.1. The van der Waals surface area contributed by atoms with Gasteiger partial charge in [0.1, 0.15) is 5.75 Å². The predicted molar refractivity (Wildman–Crippen MR) is 72.7 cm³/mol. The number of ether oxygens (including phenoxy) is 1. The number of para-hydroxylation sites is 1. The Kier molecular flexibility index (Phi) is 6.29. The van der Waals surface area contributed by atoms with Crippen molar-refractivity contribution in [2.45, 2.75) is 26.1 Å². The fourth-order valence-corrected chi connectivity index (χ4v) is 2.01. The van der Waals surface area contributed by atoms with Gasteiger partial charge in [0.2, 0.25) is 0 Å². The van der Waals surface area contributed by atoms with Gasteiger partial charge in [-0.15, -0.1) is 0 Å². The van der Waals surface area contributed by atoms with E-state index in [0.29, 0.717) is 18.9 Å². The molecule has 1 aromatic carbocycles. The molecule has 1 aromatic rings. The number of halogens is 3. The van der Waals surface area contributed by atoms with Crippen molar-refractivity contribution in [2.75, 3.05) is 26.2 Å². The lowest BCUT2D eigenvalue weighted by Crippen LogP contribution is -2.38. The Morgan fingerprint density at radius 2 is 1.90 bits per heavy atom. The summed E-state index contributed by atoms with van der Waals surface area (Å²) in [6, 6.07) is 6.67. The van der Waals surface area contributed by atoms with Gasteiger partial charge in [-0.05, 0) is 19.5 Å². The van der Waals surface area contributed by atoms with Crippen molar-refractivity contribution in [2.24, 2.45) is 5.73 Å². The van der Waals surface area contributed by atoms with Crippen LogP contribution in [0.1, 0.15) is 25.5 Å². The van der Waals surface area contributed by atoms with E-state index in [1.165, 1.54) is 4.90 Å². The lowest BCUT2D eigenvalue weighted by molar-refractivity contribution is -0.145. The van der Waals surface area contributed by atoms with Gasteiger partial charge in [0, 0.05) is 18.2 Å². The normalized spacial score (nSPS) is 13.6. The minimum atomic E-state index is -4.21. The van der Waals surface area contributed by atoms with Crippen molar-refractivity contribution >= 4 is 0 Å². The first kappa shape index (κ1) is 16.8. The Labute approximate surface area is 117 Å².